The van der Waals surface area contributed by atoms with E-state index in [0.29, 0.717) is 17.8 Å². The maximum absolute atomic E-state index is 12.6. The van der Waals surface area contributed by atoms with Gasteiger partial charge in [0.25, 0.3) is 11.8 Å². The zero-order chi connectivity index (χ0) is 33.1. The smallest absolute Gasteiger partial charge is 0.450 e. The summed E-state index contributed by atoms with van der Waals surface area (Å²) in [7, 11) is 0. The number of nitrogens with zero attached hydrogens (tertiary/aromatic N) is 1. The van der Waals surface area contributed by atoms with Crippen molar-refractivity contribution >= 4 is 47.4 Å². The molecule has 2 rings (SSSR count). The third-order valence-corrected chi connectivity index (χ3v) is 5.67. The van der Waals surface area contributed by atoms with Gasteiger partial charge in [0.05, 0.1) is 26.3 Å². The minimum Gasteiger partial charge on any atom is -0.450 e. The molecule has 1 unspecified atom stereocenters. The van der Waals surface area contributed by atoms with Gasteiger partial charge < -0.3 is 41.6 Å². The van der Waals surface area contributed by atoms with E-state index in [2.05, 4.69) is 26.0 Å². The van der Waals surface area contributed by atoms with Crippen LogP contribution in [0, 0.1) is 5.92 Å². The van der Waals surface area contributed by atoms with Gasteiger partial charge in [0.15, 0.2) is 0 Å². The Morgan fingerprint density at radius 1 is 0.955 bits per heavy atom. The summed E-state index contributed by atoms with van der Waals surface area (Å²) < 4.78 is 9.77. The molecule has 0 saturated heterocycles. The van der Waals surface area contributed by atoms with Gasteiger partial charge in [-0.2, -0.15) is 0 Å². The molecule has 1 aliphatic heterocycles. The van der Waals surface area contributed by atoms with Gasteiger partial charge in [-0.25, -0.2) is 9.59 Å². The van der Waals surface area contributed by atoms with Crippen molar-refractivity contribution in [1.29, 1.82) is 0 Å². The van der Waals surface area contributed by atoms with Crippen molar-refractivity contribution in [2.75, 3.05) is 38.2 Å². The number of urea groups is 1. The van der Waals surface area contributed by atoms with Crippen LogP contribution in [0.4, 0.5) is 15.3 Å². The first-order valence-electron chi connectivity index (χ1n) is 13.8. The molecule has 1 atom stereocenters. The first-order chi connectivity index (χ1) is 20.8. The van der Waals surface area contributed by atoms with Crippen molar-refractivity contribution in [3.8, 4) is 0 Å². The normalized spacial score (nSPS) is 12.6. The Bertz CT molecular complexity index is 1170. The Hall–Kier alpha value is -4.99. The summed E-state index contributed by atoms with van der Waals surface area (Å²) in [5.74, 6) is -2.53. The zero-order valence-corrected chi connectivity index (χ0v) is 24.9. The van der Waals surface area contributed by atoms with Crippen LogP contribution in [0.5, 0.6) is 0 Å². The molecular weight excluding hydrogens is 580 g/mol. The number of nitrogens with two attached hydrogens (primary N) is 1. The standard InChI is InChI=1S/C24H30N4O9.C4H10N2O/c1-15(2)22(27-18(29)9-11-36-12-10-28-20(31)7-8-21(28)32)23(33)25-13-19(30)26-17-5-3-16(4-6-17)14-37-24(34)35;1-2-3-6-4(5)7/h3-8,15,22H,9-14H2,1-2H3,(H,25,33)(H,26,30)(H,27,29)(H,34,35);2-3H2,1H3,(H3,5,6,7). The number of anilines is 1. The lowest BCUT2D eigenvalue weighted by Crippen LogP contribution is -2.51. The summed E-state index contributed by atoms with van der Waals surface area (Å²) in [4.78, 5) is 81.3. The maximum Gasteiger partial charge on any atom is 0.506 e. The summed E-state index contributed by atoms with van der Waals surface area (Å²) in [5, 5.41) is 18.7. The molecule has 16 heteroatoms. The van der Waals surface area contributed by atoms with Gasteiger partial charge in [0.2, 0.25) is 17.7 Å². The Labute approximate surface area is 254 Å². The number of hydrogen-bond acceptors (Lipinski definition) is 9. The highest BCUT2D eigenvalue weighted by Gasteiger charge is 2.25. The first kappa shape index (κ1) is 37.0. The van der Waals surface area contributed by atoms with Crippen LogP contribution in [0.1, 0.15) is 39.2 Å². The van der Waals surface area contributed by atoms with Gasteiger partial charge in [-0.1, -0.05) is 32.9 Å². The number of rotatable bonds is 16. The summed E-state index contributed by atoms with van der Waals surface area (Å²) in [5.41, 5.74) is 5.78. The van der Waals surface area contributed by atoms with Crippen molar-refractivity contribution in [1.82, 2.24) is 20.9 Å². The number of carbonyl (C=O) groups is 7. The van der Waals surface area contributed by atoms with E-state index in [4.69, 9.17) is 15.6 Å². The SMILES string of the molecule is CC(C)C(NC(=O)CCOCCN1C(=O)C=CC1=O)C(=O)NCC(=O)Nc1ccc(COC(=O)O)cc1.CCCNC(N)=O. The van der Waals surface area contributed by atoms with E-state index < -0.39 is 47.8 Å². The molecule has 0 bridgehead atoms. The molecule has 1 aromatic rings. The summed E-state index contributed by atoms with van der Waals surface area (Å²) in [6.07, 6.45) is 1.86. The lowest BCUT2D eigenvalue weighted by atomic mass is 10.0. The quantitative estimate of drug-likeness (QED) is 0.0849. The van der Waals surface area contributed by atoms with Crippen LogP contribution in [0.15, 0.2) is 36.4 Å². The number of carboxylic acid groups (broad SMARTS) is 1. The molecule has 242 valence electrons. The number of hydrogen-bond donors (Lipinski definition) is 6. The lowest BCUT2D eigenvalue weighted by molar-refractivity contribution is -0.138. The Balaban J connectivity index is 0.00000123. The Morgan fingerprint density at radius 3 is 2.11 bits per heavy atom. The minimum absolute atomic E-state index is 0.0333. The van der Waals surface area contributed by atoms with E-state index in [1.54, 1.807) is 38.1 Å². The van der Waals surface area contributed by atoms with Crippen LogP contribution in [-0.4, -0.2) is 90.6 Å². The fourth-order valence-corrected chi connectivity index (χ4v) is 3.41. The average Bonchev–Trinajstić information content (AvgIpc) is 3.29. The van der Waals surface area contributed by atoms with E-state index in [-0.39, 0.29) is 45.2 Å². The van der Waals surface area contributed by atoms with Crippen molar-refractivity contribution < 1.29 is 48.1 Å². The molecule has 0 fully saturated rings. The van der Waals surface area contributed by atoms with Gasteiger partial charge >= 0.3 is 12.2 Å². The van der Waals surface area contributed by atoms with Crippen molar-refractivity contribution in [2.24, 2.45) is 11.7 Å². The van der Waals surface area contributed by atoms with Crippen LogP contribution in [0.3, 0.4) is 0 Å². The number of nitrogens with one attached hydrogen (secondary N) is 4. The monoisotopic (exact) mass is 620 g/mol. The molecule has 0 aromatic heterocycles. The number of primary amides is 1. The number of carbonyl (C=O) groups excluding carboxylic acids is 6. The van der Waals surface area contributed by atoms with E-state index in [9.17, 15) is 33.6 Å². The predicted molar refractivity (Wildman–Crippen MR) is 157 cm³/mol. The second-order valence-corrected chi connectivity index (χ2v) is 9.62. The van der Waals surface area contributed by atoms with Crippen molar-refractivity contribution in [3.63, 3.8) is 0 Å². The summed E-state index contributed by atoms with van der Waals surface area (Å²) >= 11 is 0. The highest BCUT2D eigenvalue weighted by molar-refractivity contribution is 6.12. The number of amides is 7. The molecule has 16 nitrogen and oxygen atoms in total. The fraction of sp³-hybridized carbons (Fsp3) is 0.464. The van der Waals surface area contributed by atoms with Gasteiger partial charge in [-0.05, 0) is 30.0 Å². The van der Waals surface area contributed by atoms with E-state index in [0.717, 1.165) is 11.3 Å². The third kappa shape index (κ3) is 15.3. The Kier molecular flexibility index (Phi) is 16.8. The van der Waals surface area contributed by atoms with Crippen molar-refractivity contribution in [2.45, 2.75) is 46.3 Å². The van der Waals surface area contributed by atoms with Gasteiger partial charge in [-0.3, -0.25) is 28.9 Å². The molecule has 7 amide bonds. The molecule has 44 heavy (non-hydrogen) atoms. The van der Waals surface area contributed by atoms with E-state index >= 15 is 0 Å². The maximum atomic E-state index is 12.6. The predicted octanol–water partition coefficient (Wildman–Crippen LogP) is 0.473. The van der Waals surface area contributed by atoms with E-state index in [1.165, 1.54) is 12.2 Å². The second kappa shape index (κ2) is 20.0. The molecule has 0 saturated carbocycles. The van der Waals surface area contributed by atoms with Crippen LogP contribution >= 0.6 is 0 Å². The number of ether oxygens (including phenoxy) is 2. The molecule has 1 aromatic carbocycles. The van der Waals surface area contributed by atoms with Crippen LogP contribution in [-0.2, 0) is 40.1 Å². The lowest BCUT2D eigenvalue weighted by Gasteiger charge is -2.21. The van der Waals surface area contributed by atoms with Crippen LogP contribution in [0.25, 0.3) is 0 Å². The molecule has 0 radical (unpaired) electrons. The minimum atomic E-state index is -1.39. The van der Waals surface area contributed by atoms with Gasteiger partial charge in [0, 0.05) is 30.8 Å². The number of imide groups is 1. The molecule has 0 aliphatic carbocycles. The zero-order valence-electron chi connectivity index (χ0n) is 24.9. The second-order valence-electron chi connectivity index (χ2n) is 9.62. The third-order valence-electron chi connectivity index (χ3n) is 5.67. The molecule has 1 heterocycles. The summed E-state index contributed by atoms with van der Waals surface area (Å²) in [6, 6.07) is 5.00. The van der Waals surface area contributed by atoms with Crippen LogP contribution in [0.2, 0.25) is 0 Å². The molecule has 7 N–H and O–H groups in total. The summed E-state index contributed by atoms with van der Waals surface area (Å²) in [6.45, 7) is 5.88. The first-order valence-corrected chi connectivity index (χ1v) is 13.8. The Morgan fingerprint density at radius 2 is 1.59 bits per heavy atom. The number of benzene rings is 1. The fourth-order valence-electron chi connectivity index (χ4n) is 3.41. The molecule has 0 spiro atoms. The van der Waals surface area contributed by atoms with Crippen molar-refractivity contribution in [3.05, 3.63) is 42.0 Å². The van der Waals surface area contributed by atoms with E-state index in [1.807, 2.05) is 6.92 Å². The topological polar surface area (TPSA) is 236 Å². The van der Waals surface area contributed by atoms with Gasteiger partial charge in [0.1, 0.15) is 12.6 Å². The molecular formula is C28H40N6O10. The largest absolute Gasteiger partial charge is 0.506 e. The highest BCUT2D eigenvalue weighted by atomic mass is 16.7. The highest BCUT2D eigenvalue weighted by Crippen LogP contribution is 2.10. The molecule has 1 aliphatic rings. The average molecular weight is 621 g/mol. The van der Waals surface area contributed by atoms with Crippen LogP contribution < -0.4 is 27.0 Å². The van der Waals surface area contributed by atoms with Gasteiger partial charge in [-0.15, -0.1) is 0 Å².